The molecule has 0 unspecified atom stereocenters. The van der Waals surface area contributed by atoms with Gasteiger partial charge in [0, 0.05) is 0 Å². The van der Waals surface area contributed by atoms with Gasteiger partial charge in [-0.3, -0.25) is 4.79 Å². The maximum atomic E-state index is 11.5. The van der Waals surface area contributed by atoms with Gasteiger partial charge in [-0.2, -0.15) is 17.0 Å². The normalized spacial score (nSPS) is 9.50. The first kappa shape index (κ1) is 12.6. The molecule has 4 heteroatoms. The quantitative estimate of drug-likeness (QED) is 0.797. The molecule has 16 heavy (non-hydrogen) atoms. The first-order chi connectivity index (χ1) is 7.77. The van der Waals surface area contributed by atoms with E-state index in [4.69, 9.17) is 5.26 Å². The van der Waals surface area contributed by atoms with E-state index in [1.165, 1.54) is 0 Å². The molecule has 84 valence electrons. The second kappa shape index (κ2) is 6.91. The van der Waals surface area contributed by atoms with Gasteiger partial charge in [-0.05, 0) is 24.3 Å². The first-order valence-electron chi connectivity index (χ1n) is 5.14. The summed E-state index contributed by atoms with van der Waals surface area (Å²) in [5, 5.41) is 11.6. The number of hydrogen-bond acceptors (Lipinski definition) is 3. The summed E-state index contributed by atoms with van der Waals surface area (Å²) in [7, 11) is 0. The minimum absolute atomic E-state index is 0.0545. The molecule has 1 aromatic rings. The van der Waals surface area contributed by atoms with Gasteiger partial charge in [0.2, 0.25) is 5.91 Å². The number of amides is 1. The lowest BCUT2D eigenvalue weighted by molar-refractivity contribution is -0.113. The third-order valence-electron chi connectivity index (χ3n) is 1.90. The summed E-state index contributed by atoms with van der Waals surface area (Å²) >= 11 is 1.60. The maximum absolute atomic E-state index is 11.5. The summed E-state index contributed by atoms with van der Waals surface area (Å²) in [5.41, 5.74) is 1.09. The molecule has 1 aromatic carbocycles. The fraction of sp³-hybridized carbons (Fsp3) is 0.333. The molecule has 1 N–H and O–H groups in total. The number of para-hydroxylation sites is 1. The van der Waals surface area contributed by atoms with Gasteiger partial charge in [-0.25, -0.2) is 0 Å². The number of nitrogens with one attached hydrogen (secondary N) is 1. The van der Waals surface area contributed by atoms with Crippen molar-refractivity contribution in [1.82, 2.24) is 0 Å². The molecular weight excluding hydrogens is 220 g/mol. The molecule has 1 amide bonds. The van der Waals surface area contributed by atoms with Gasteiger partial charge in [0.1, 0.15) is 6.07 Å². The lowest BCUT2D eigenvalue weighted by Gasteiger charge is -2.05. The second-order valence-corrected chi connectivity index (χ2v) is 4.36. The fourth-order valence-electron chi connectivity index (χ4n) is 1.19. The number of anilines is 1. The summed E-state index contributed by atoms with van der Waals surface area (Å²) in [6.07, 6.45) is 1.06. The Morgan fingerprint density at radius 2 is 2.25 bits per heavy atom. The van der Waals surface area contributed by atoms with E-state index >= 15 is 0 Å². The molecule has 0 aromatic heterocycles. The van der Waals surface area contributed by atoms with Gasteiger partial charge in [0.25, 0.3) is 0 Å². The Hall–Kier alpha value is -1.47. The van der Waals surface area contributed by atoms with Crippen molar-refractivity contribution in [2.24, 2.45) is 0 Å². The van der Waals surface area contributed by atoms with Crippen LogP contribution in [0.2, 0.25) is 0 Å². The molecule has 0 atom stereocenters. The molecule has 0 radical (unpaired) electrons. The highest BCUT2D eigenvalue weighted by Crippen LogP contribution is 2.14. The van der Waals surface area contributed by atoms with Gasteiger partial charge >= 0.3 is 0 Å². The Morgan fingerprint density at radius 1 is 1.50 bits per heavy atom. The highest BCUT2D eigenvalue weighted by molar-refractivity contribution is 7.99. The Kier molecular flexibility index (Phi) is 5.44. The largest absolute Gasteiger partial charge is 0.324 e. The smallest absolute Gasteiger partial charge is 0.234 e. The Balaban J connectivity index is 2.53. The summed E-state index contributed by atoms with van der Waals surface area (Å²) < 4.78 is 0. The van der Waals surface area contributed by atoms with E-state index in [0.717, 1.165) is 12.2 Å². The number of rotatable bonds is 5. The standard InChI is InChI=1S/C12H14N2OS/c1-2-7-16-9-12(15)14-11-6-4-3-5-10(11)8-13/h3-6H,2,7,9H2,1H3,(H,14,15). The highest BCUT2D eigenvalue weighted by atomic mass is 32.2. The number of benzene rings is 1. The van der Waals surface area contributed by atoms with Crippen LogP contribution < -0.4 is 5.32 Å². The van der Waals surface area contributed by atoms with E-state index in [1.54, 1.807) is 36.0 Å². The Morgan fingerprint density at radius 3 is 2.94 bits per heavy atom. The van der Waals surface area contributed by atoms with E-state index < -0.39 is 0 Å². The molecule has 0 saturated carbocycles. The fourth-order valence-corrected chi connectivity index (χ4v) is 1.88. The number of nitrogens with zero attached hydrogens (tertiary/aromatic N) is 1. The van der Waals surface area contributed by atoms with Gasteiger partial charge in [0.05, 0.1) is 17.0 Å². The first-order valence-corrected chi connectivity index (χ1v) is 6.30. The van der Waals surface area contributed by atoms with Crippen molar-refractivity contribution in [3.63, 3.8) is 0 Å². The van der Waals surface area contributed by atoms with Gasteiger partial charge < -0.3 is 5.32 Å². The monoisotopic (exact) mass is 234 g/mol. The number of thioether (sulfide) groups is 1. The van der Waals surface area contributed by atoms with Crippen LogP contribution in [0.1, 0.15) is 18.9 Å². The molecule has 0 aliphatic rings. The van der Waals surface area contributed by atoms with Crippen LogP contribution in [0.3, 0.4) is 0 Å². The number of carbonyl (C=O) groups is 1. The molecule has 0 heterocycles. The molecule has 3 nitrogen and oxygen atoms in total. The summed E-state index contributed by atoms with van der Waals surface area (Å²) in [6, 6.07) is 9.05. The zero-order valence-corrected chi connectivity index (χ0v) is 10.0. The second-order valence-electron chi connectivity index (χ2n) is 3.26. The third-order valence-corrected chi connectivity index (χ3v) is 3.07. The van der Waals surface area contributed by atoms with Crippen molar-refractivity contribution >= 4 is 23.4 Å². The lowest BCUT2D eigenvalue weighted by Crippen LogP contribution is -2.15. The van der Waals surface area contributed by atoms with Gasteiger partial charge in [-0.1, -0.05) is 19.1 Å². The SMILES string of the molecule is CCCSCC(=O)Nc1ccccc1C#N. The molecule has 0 fully saturated rings. The summed E-state index contributed by atoms with van der Waals surface area (Å²) in [4.78, 5) is 11.5. The number of hydrogen-bond donors (Lipinski definition) is 1. The average Bonchev–Trinajstić information content (AvgIpc) is 2.30. The molecule has 0 saturated heterocycles. The number of carbonyl (C=O) groups excluding carboxylic acids is 1. The van der Waals surface area contributed by atoms with Crippen LogP contribution in [0.5, 0.6) is 0 Å². The van der Waals surface area contributed by atoms with Crippen molar-refractivity contribution in [2.75, 3.05) is 16.8 Å². The summed E-state index contributed by atoms with van der Waals surface area (Å²) in [5.74, 6) is 1.36. The van der Waals surface area contributed by atoms with Crippen molar-refractivity contribution < 1.29 is 4.79 Å². The van der Waals surface area contributed by atoms with E-state index in [0.29, 0.717) is 17.0 Å². The Bertz CT molecular complexity index is 398. The Labute approximate surface area is 99.8 Å². The summed E-state index contributed by atoms with van der Waals surface area (Å²) in [6.45, 7) is 2.08. The van der Waals surface area contributed by atoms with Crippen molar-refractivity contribution in [2.45, 2.75) is 13.3 Å². The van der Waals surface area contributed by atoms with Crippen LogP contribution in [0.4, 0.5) is 5.69 Å². The van der Waals surface area contributed by atoms with Gasteiger partial charge in [-0.15, -0.1) is 0 Å². The van der Waals surface area contributed by atoms with Crippen LogP contribution in [0, 0.1) is 11.3 Å². The highest BCUT2D eigenvalue weighted by Gasteiger charge is 2.05. The molecule has 0 aliphatic heterocycles. The van der Waals surface area contributed by atoms with Crippen molar-refractivity contribution in [3.8, 4) is 6.07 Å². The van der Waals surface area contributed by atoms with E-state index in [2.05, 4.69) is 12.2 Å². The predicted octanol–water partition coefficient (Wildman–Crippen LogP) is 2.64. The van der Waals surface area contributed by atoms with Crippen LogP contribution in [0.15, 0.2) is 24.3 Å². The zero-order valence-electron chi connectivity index (χ0n) is 9.19. The van der Waals surface area contributed by atoms with Crippen LogP contribution >= 0.6 is 11.8 Å². The van der Waals surface area contributed by atoms with Crippen LogP contribution in [0.25, 0.3) is 0 Å². The maximum Gasteiger partial charge on any atom is 0.234 e. The molecule has 0 bridgehead atoms. The van der Waals surface area contributed by atoms with Crippen molar-refractivity contribution in [3.05, 3.63) is 29.8 Å². The molecule has 0 spiro atoms. The van der Waals surface area contributed by atoms with Crippen LogP contribution in [-0.4, -0.2) is 17.4 Å². The van der Waals surface area contributed by atoms with E-state index in [1.807, 2.05) is 6.07 Å². The lowest BCUT2D eigenvalue weighted by atomic mass is 10.2. The van der Waals surface area contributed by atoms with Crippen molar-refractivity contribution in [1.29, 1.82) is 5.26 Å². The minimum atomic E-state index is -0.0545. The topological polar surface area (TPSA) is 52.9 Å². The zero-order chi connectivity index (χ0) is 11.8. The average molecular weight is 234 g/mol. The number of nitriles is 1. The minimum Gasteiger partial charge on any atom is -0.324 e. The van der Waals surface area contributed by atoms with Crippen LogP contribution in [-0.2, 0) is 4.79 Å². The third kappa shape index (κ3) is 3.95. The molecular formula is C12H14N2OS. The predicted molar refractivity (Wildman–Crippen MR) is 67.4 cm³/mol. The van der Waals surface area contributed by atoms with E-state index in [9.17, 15) is 4.79 Å². The molecule has 0 aliphatic carbocycles. The van der Waals surface area contributed by atoms with E-state index in [-0.39, 0.29) is 5.91 Å². The molecule has 1 rings (SSSR count). The van der Waals surface area contributed by atoms with Gasteiger partial charge in [0.15, 0.2) is 0 Å².